The van der Waals surface area contributed by atoms with Crippen LogP contribution in [0.5, 0.6) is 5.75 Å². The van der Waals surface area contributed by atoms with Gasteiger partial charge in [0.05, 0.1) is 42.9 Å². The number of benzene rings is 3. The van der Waals surface area contributed by atoms with Gasteiger partial charge >= 0.3 is 6.18 Å². The van der Waals surface area contributed by atoms with E-state index in [9.17, 15) is 23.2 Å². The molecular weight excluding hydrogens is 567 g/mol. The Morgan fingerprint density at radius 1 is 1.07 bits per heavy atom. The first kappa shape index (κ1) is 29.8. The molecule has 2 heterocycles. The van der Waals surface area contributed by atoms with Crippen LogP contribution in [0.2, 0.25) is 0 Å². The average molecular weight is 595 g/mol. The second-order valence-electron chi connectivity index (χ2n) is 10.1. The molecule has 222 valence electrons. The van der Waals surface area contributed by atoms with Gasteiger partial charge in [0.15, 0.2) is 11.6 Å². The number of nitriles is 1. The van der Waals surface area contributed by atoms with Gasteiger partial charge in [0.1, 0.15) is 11.6 Å². The van der Waals surface area contributed by atoms with Gasteiger partial charge < -0.3 is 10.1 Å². The van der Waals surface area contributed by atoms with Crippen molar-refractivity contribution in [1.29, 1.82) is 5.26 Å². The summed E-state index contributed by atoms with van der Waals surface area (Å²) in [5.41, 5.74) is -1.34. The smallest absolute Gasteiger partial charge is 0.416 e. The zero-order valence-corrected chi connectivity index (χ0v) is 23.2. The fraction of sp³-hybridized carbons (Fsp3) is 0.250. The lowest BCUT2D eigenvalue weighted by molar-refractivity contribution is -0.138. The first-order chi connectivity index (χ1) is 20.6. The van der Waals surface area contributed by atoms with Crippen molar-refractivity contribution in [2.24, 2.45) is 0 Å². The molecule has 0 aliphatic carbocycles. The average Bonchev–Trinajstić information content (AvgIpc) is 3.42. The molecule has 1 aliphatic heterocycles. The molecule has 11 heteroatoms. The highest BCUT2D eigenvalue weighted by atomic mass is 19.4. The third-order valence-electron chi connectivity index (χ3n) is 7.77. The summed E-state index contributed by atoms with van der Waals surface area (Å²) in [4.78, 5) is 14.3. The maximum atomic E-state index is 15.7. The zero-order valence-electron chi connectivity index (χ0n) is 23.2. The fourth-order valence-corrected chi connectivity index (χ4v) is 5.79. The van der Waals surface area contributed by atoms with Crippen molar-refractivity contribution >= 4 is 5.82 Å². The lowest BCUT2D eigenvalue weighted by Crippen LogP contribution is -2.35. The van der Waals surface area contributed by atoms with Crippen LogP contribution in [0.1, 0.15) is 39.9 Å². The quantitative estimate of drug-likeness (QED) is 0.179. The number of hydrogen-bond donors (Lipinski definition) is 2. The maximum absolute atomic E-state index is 15.7. The van der Waals surface area contributed by atoms with Gasteiger partial charge in [-0.05, 0) is 36.2 Å². The Balaban J connectivity index is 1.80. The molecule has 5 rings (SSSR count). The lowest BCUT2D eigenvalue weighted by Gasteiger charge is -2.27. The van der Waals surface area contributed by atoms with Crippen molar-refractivity contribution in [3.63, 3.8) is 0 Å². The van der Waals surface area contributed by atoms with Gasteiger partial charge in [0.25, 0.3) is 5.56 Å². The first-order valence-electron chi connectivity index (χ1n) is 13.4. The molecule has 3 aromatic carbocycles. The van der Waals surface area contributed by atoms with E-state index in [1.54, 1.807) is 12.1 Å². The standard InChI is InChI=1S/C32H27F5N4O2/c1-18-21(16-22-23(32(35,36)37)11-7-12-24(22)33)30-40-17-25(29(39-15-14-38)19-8-4-3-5-9-19)41(30)31(42)27(18)20-10-6-13-26(43-2)28(20)34/h3-13,25,29,39-40H,15-17H2,1-2H3/t25-,29?/m1/s1. The Morgan fingerprint density at radius 3 is 2.47 bits per heavy atom. The van der Waals surface area contributed by atoms with E-state index in [0.717, 1.165) is 23.8 Å². The van der Waals surface area contributed by atoms with Crippen LogP contribution in [0.15, 0.2) is 71.5 Å². The monoisotopic (exact) mass is 594 g/mol. The van der Waals surface area contributed by atoms with Crippen LogP contribution < -0.4 is 20.9 Å². The van der Waals surface area contributed by atoms with Crippen molar-refractivity contribution in [3.05, 3.63) is 117 Å². The number of hydrogen-bond acceptors (Lipinski definition) is 5. The van der Waals surface area contributed by atoms with E-state index in [1.165, 1.54) is 36.8 Å². The largest absolute Gasteiger partial charge is 0.494 e. The van der Waals surface area contributed by atoms with Crippen LogP contribution in [-0.4, -0.2) is 24.8 Å². The second kappa shape index (κ2) is 11.9. The molecule has 4 aromatic rings. The summed E-state index contributed by atoms with van der Waals surface area (Å²) < 4.78 is 79.2. The van der Waals surface area contributed by atoms with E-state index < -0.39 is 53.0 Å². The minimum absolute atomic E-state index is 0.0552. The number of rotatable bonds is 8. The maximum Gasteiger partial charge on any atom is 0.416 e. The summed E-state index contributed by atoms with van der Waals surface area (Å²) >= 11 is 0. The molecule has 1 aliphatic rings. The molecule has 1 unspecified atom stereocenters. The van der Waals surface area contributed by atoms with Gasteiger partial charge in [-0.25, -0.2) is 8.78 Å². The van der Waals surface area contributed by atoms with Crippen LogP contribution in [0.3, 0.4) is 0 Å². The topological polar surface area (TPSA) is 79.1 Å². The molecule has 0 saturated heterocycles. The van der Waals surface area contributed by atoms with Gasteiger partial charge in [0, 0.05) is 29.7 Å². The minimum Gasteiger partial charge on any atom is -0.494 e. The molecular formula is C32H27F5N4O2. The Morgan fingerprint density at radius 2 is 1.79 bits per heavy atom. The van der Waals surface area contributed by atoms with E-state index in [0.29, 0.717) is 0 Å². The van der Waals surface area contributed by atoms with Gasteiger partial charge in [-0.15, -0.1) is 0 Å². The third kappa shape index (κ3) is 5.46. The fourth-order valence-electron chi connectivity index (χ4n) is 5.79. The van der Waals surface area contributed by atoms with E-state index in [4.69, 9.17) is 4.74 Å². The van der Waals surface area contributed by atoms with E-state index in [1.807, 2.05) is 24.3 Å². The summed E-state index contributed by atoms with van der Waals surface area (Å²) in [7, 11) is 1.28. The molecule has 2 N–H and O–H groups in total. The Kier molecular flexibility index (Phi) is 8.24. The SMILES string of the molecule is COc1cccc(-c2c(C)c(Cc3c(F)cccc3C(F)(F)F)c3n(c2=O)[C@@H](C(NCC#N)c2ccccc2)CN3)c1F. The number of fused-ring (bicyclic) bond motifs is 1. The zero-order chi connectivity index (χ0) is 30.9. The number of anilines is 1. The second-order valence-corrected chi connectivity index (χ2v) is 10.1. The van der Waals surface area contributed by atoms with Gasteiger partial charge in [-0.3, -0.25) is 14.7 Å². The van der Waals surface area contributed by atoms with Crippen LogP contribution in [-0.2, 0) is 12.6 Å². The Bertz CT molecular complexity index is 1760. The minimum atomic E-state index is -4.84. The van der Waals surface area contributed by atoms with E-state index in [-0.39, 0.29) is 46.9 Å². The van der Waals surface area contributed by atoms with E-state index >= 15 is 8.78 Å². The number of aromatic nitrogens is 1. The molecule has 1 aromatic heterocycles. The number of nitrogens with zero attached hydrogens (tertiary/aromatic N) is 2. The highest BCUT2D eigenvalue weighted by Crippen LogP contribution is 2.41. The molecule has 43 heavy (non-hydrogen) atoms. The summed E-state index contributed by atoms with van der Waals surface area (Å²) in [6.07, 6.45) is -5.36. The highest BCUT2D eigenvalue weighted by molar-refractivity contribution is 5.74. The molecule has 2 atom stereocenters. The highest BCUT2D eigenvalue weighted by Gasteiger charge is 2.38. The molecule has 0 fully saturated rings. The van der Waals surface area contributed by atoms with Crippen molar-refractivity contribution in [1.82, 2.24) is 9.88 Å². The van der Waals surface area contributed by atoms with Crippen molar-refractivity contribution in [2.75, 3.05) is 25.5 Å². The third-order valence-corrected chi connectivity index (χ3v) is 7.77. The number of nitrogens with one attached hydrogen (secondary N) is 2. The predicted octanol–water partition coefficient (Wildman–Crippen LogP) is 6.54. The van der Waals surface area contributed by atoms with Gasteiger partial charge in [0.2, 0.25) is 0 Å². The number of ether oxygens (including phenoxy) is 1. The molecule has 6 nitrogen and oxygen atoms in total. The molecule has 0 spiro atoms. The predicted molar refractivity (Wildman–Crippen MR) is 152 cm³/mol. The lowest BCUT2D eigenvalue weighted by atomic mass is 9.91. The number of methoxy groups -OCH3 is 1. The number of pyridine rings is 1. The Labute approximate surface area is 244 Å². The van der Waals surface area contributed by atoms with Crippen LogP contribution in [0, 0.1) is 29.9 Å². The Hall–Kier alpha value is -4.69. The number of halogens is 5. The summed E-state index contributed by atoms with van der Waals surface area (Å²) in [6, 6.07) is 16.9. The summed E-state index contributed by atoms with van der Waals surface area (Å²) in [5.74, 6) is -1.79. The summed E-state index contributed by atoms with van der Waals surface area (Å²) in [6.45, 7) is 1.62. The first-order valence-corrected chi connectivity index (χ1v) is 13.4. The van der Waals surface area contributed by atoms with Crippen molar-refractivity contribution in [2.45, 2.75) is 31.6 Å². The van der Waals surface area contributed by atoms with Gasteiger partial charge in [-0.2, -0.15) is 18.4 Å². The summed E-state index contributed by atoms with van der Waals surface area (Å²) in [5, 5.41) is 15.6. The van der Waals surface area contributed by atoms with Crippen LogP contribution >= 0.6 is 0 Å². The van der Waals surface area contributed by atoms with Gasteiger partial charge in [-0.1, -0.05) is 48.5 Å². The molecule has 0 radical (unpaired) electrons. The number of alkyl halides is 3. The van der Waals surface area contributed by atoms with Crippen LogP contribution in [0.25, 0.3) is 11.1 Å². The van der Waals surface area contributed by atoms with Crippen LogP contribution in [0.4, 0.5) is 27.8 Å². The molecule has 0 amide bonds. The molecule has 0 saturated carbocycles. The van der Waals surface area contributed by atoms with E-state index in [2.05, 4.69) is 10.6 Å². The van der Waals surface area contributed by atoms with Crippen molar-refractivity contribution < 1.29 is 26.7 Å². The normalized spacial score (nSPS) is 15.0. The van der Waals surface area contributed by atoms with Crippen molar-refractivity contribution in [3.8, 4) is 22.9 Å². The molecule has 0 bridgehead atoms.